The van der Waals surface area contributed by atoms with Gasteiger partial charge in [-0.2, -0.15) is 0 Å². The number of amides is 1. The minimum absolute atomic E-state index is 0.00205. The zero-order chi connectivity index (χ0) is 14.7. The Labute approximate surface area is 114 Å². The van der Waals surface area contributed by atoms with E-state index in [1.54, 1.807) is 0 Å². The van der Waals surface area contributed by atoms with Gasteiger partial charge < -0.3 is 10.4 Å². The highest BCUT2D eigenvalue weighted by molar-refractivity contribution is 5.95. The second-order valence-electron chi connectivity index (χ2n) is 4.98. The fourth-order valence-corrected chi connectivity index (χ4v) is 2.60. The lowest BCUT2D eigenvalue weighted by atomic mass is 9.78. The molecule has 20 heavy (non-hydrogen) atoms. The number of carbonyl (C=O) groups is 2. The zero-order valence-corrected chi connectivity index (χ0v) is 10.7. The summed E-state index contributed by atoms with van der Waals surface area (Å²) in [6.07, 6.45) is 2.47. The molecule has 1 aliphatic rings. The number of rotatable bonds is 3. The zero-order valence-electron chi connectivity index (χ0n) is 10.7. The van der Waals surface area contributed by atoms with E-state index in [-0.39, 0.29) is 5.69 Å². The minimum atomic E-state index is -1.00. The normalized spacial score (nSPS) is 22.3. The molecule has 0 spiro atoms. The Balaban J connectivity index is 2.11. The first-order valence-electron chi connectivity index (χ1n) is 6.47. The number of aliphatic carboxylic acids is 1. The lowest BCUT2D eigenvalue weighted by Crippen LogP contribution is -2.36. The number of carboxylic acids is 1. The van der Waals surface area contributed by atoms with Crippen LogP contribution < -0.4 is 5.32 Å². The molecule has 0 saturated heterocycles. The van der Waals surface area contributed by atoms with Gasteiger partial charge in [0.15, 0.2) is 0 Å². The molecule has 2 rings (SSSR count). The van der Waals surface area contributed by atoms with Crippen LogP contribution >= 0.6 is 0 Å². The van der Waals surface area contributed by atoms with Crippen molar-refractivity contribution in [1.29, 1.82) is 0 Å². The summed E-state index contributed by atoms with van der Waals surface area (Å²) >= 11 is 0. The molecule has 1 aliphatic carbocycles. The summed E-state index contributed by atoms with van der Waals surface area (Å²) in [5.41, 5.74) is 0.00205. The smallest absolute Gasteiger partial charge is 0.307 e. The average molecular weight is 283 g/mol. The fraction of sp³-hybridized carbons (Fsp3) is 0.429. The third kappa shape index (κ3) is 3.31. The maximum absolute atomic E-state index is 13.0. The van der Waals surface area contributed by atoms with E-state index in [0.717, 1.165) is 25.0 Å². The molecule has 1 saturated carbocycles. The van der Waals surface area contributed by atoms with Gasteiger partial charge in [-0.15, -0.1) is 0 Å². The summed E-state index contributed by atoms with van der Waals surface area (Å²) in [4.78, 5) is 23.2. The van der Waals surface area contributed by atoms with Gasteiger partial charge in [0.05, 0.1) is 11.8 Å². The molecule has 1 amide bonds. The number of nitrogens with one attached hydrogen (secondary N) is 1. The Morgan fingerprint density at radius 1 is 1.05 bits per heavy atom. The predicted molar refractivity (Wildman–Crippen MR) is 68.1 cm³/mol. The summed E-state index contributed by atoms with van der Waals surface area (Å²) in [5.74, 6) is -4.48. The standard InChI is InChI=1S/C14H15F2NO3/c15-8-5-9(16)7-10(6-8)17-13(18)11-3-1-2-4-12(11)14(19)20/h5-7,11-12H,1-4H2,(H,17,18)(H,19,20)/t11-,12+/m1/s1. The van der Waals surface area contributed by atoms with Gasteiger partial charge in [-0.05, 0) is 25.0 Å². The van der Waals surface area contributed by atoms with E-state index in [1.165, 1.54) is 0 Å². The average Bonchev–Trinajstić information content (AvgIpc) is 2.37. The van der Waals surface area contributed by atoms with Gasteiger partial charge in [0.25, 0.3) is 0 Å². The van der Waals surface area contributed by atoms with Crippen molar-refractivity contribution < 1.29 is 23.5 Å². The maximum atomic E-state index is 13.0. The second kappa shape index (κ2) is 5.98. The predicted octanol–water partition coefficient (Wildman–Crippen LogP) is 2.79. The Hall–Kier alpha value is -1.98. The molecular formula is C14H15F2NO3. The van der Waals surface area contributed by atoms with Gasteiger partial charge in [0.1, 0.15) is 11.6 Å². The van der Waals surface area contributed by atoms with Crippen molar-refractivity contribution in [3.8, 4) is 0 Å². The minimum Gasteiger partial charge on any atom is -0.481 e. The molecule has 1 aromatic rings. The van der Waals surface area contributed by atoms with E-state index >= 15 is 0 Å². The van der Waals surface area contributed by atoms with Crippen molar-refractivity contribution in [1.82, 2.24) is 0 Å². The number of anilines is 1. The van der Waals surface area contributed by atoms with Crippen LogP contribution in [0.2, 0.25) is 0 Å². The first kappa shape index (κ1) is 14.4. The van der Waals surface area contributed by atoms with Crippen molar-refractivity contribution in [2.75, 3.05) is 5.32 Å². The third-order valence-electron chi connectivity index (χ3n) is 3.55. The number of carbonyl (C=O) groups excluding carboxylic acids is 1. The Morgan fingerprint density at radius 2 is 1.60 bits per heavy atom. The molecule has 0 radical (unpaired) electrons. The molecule has 0 aromatic heterocycles. The number of hydrogen-bond donors (Lipinski definition) is 2. The van der Waals surface area contributed by atoms with Gasteiger partial charge in [0.2, 0.25) is 5.91 Å². The van der Waals surface area contributed by atoms with Gasteiger partial charge in [-0.25, -0.2) is 8.78 Å². The molecule has 2 N–H and O–H groups in total. The van der Waals surface area contributed by atoms with Gasteiger partial charge in [0, 0.05) is 11.8 Å². The van der Waals surface area contributed by atoms with Crippen LogP contribution in [-0.2, 0) is 9.59 Å². The Morgan fingerprint density at radius 3 is 2.15 bits per heavy atom. The van der Waals surface area contributed by atoms with Crippen LogP contribution in [-0.4, -0.2) is 17.0 Å². The van der Waals surface area contributed by atoms with Crippen molar-refractivity contribution in [3.05, 3.63) is 29.8 Å². The molecule has 108 valence electrons. The number of hydrogen-bond acceptors (Lipinski definition) is 2. The Bertz CT molecular complexity index is 513. The van der Waals surface area contributed by atoms with E-state index in [2.05, 4.69) is 5.32 Å². The van der Waals surface area contributed by atoms with Crippen LogP contribution in [0.1, 0.15) is 25.7 Å². The molecule has 4 nitrogen and oxygen atoms in total. The van der Waals surface area contributed by atoms with E-state index < -0.39 is 35.3 Å². The highest BCUT2D eigenvalue weighted by Gasteiger charge is 2.35. The van der Waals surface area contributed by atoms with Gasteiger partial charge in [-0.1, -0.05) is 12.8 Å². The molecule has 0 unspecified atom stereocenters. The highest BCUT2D eigenvalue weighted by atomic mass is 19.1. The molecule has 1 aromatic carbocycles. The van der Waals surface area contributed by atoms with Crippen molar-refractivity contribution in [2.24, 2.45) is 11.8 Å². The monoisotopic (exact) mass is 283 g/mol. The molecule has 0 aliphatic heterocycles. The van der Waals surface area contributed by atoms with Crippen LogP contribution in [0.5, 0.6) is 0 Å². The first-order valence-corrected chi connectivity index (χ1v) is 6.47. The summed E-state index contributed by atoms with van der Waals surface area (Å²) in [6, 6.07) is 2.70. The highest BCUT2D eigenvalue weighted by Crippen LogP contribution is 2.31. The lowest BCUT2D eigenvalue weighted by Gasteiger charge is -2.27. The molecule has 0 heterocycles. The molecule has 1 fully saturated rings. The fourth-order valence-electron chi connectivity index (χ4n) is 2.60. The summed E-state index contributed by atoms with van der Waals surface area (Å²) in [7, 11) is 0. The molecular weight excluding hydrogens is 268 g/mol. The topological polar surface area (TPSA) is 66.4 Å². The SMILES string of the molecule is O=C(O)[C@H]1CCCC[C@H]1C(=O)Nc1cc(F)cc(F)c1. The van der Waals surface area contributed by atoms with Crippen LogP contribution in [0.15, 0.2) is 18.2 Å². The summed E-state index contributed by atoms with van der Waals surface area (Å²) in [5, 5.41) is 11.5. The lowest BCUT2D eigenvalue weighted by molar-refractivity contribution is -0.147. The van der Waals surface area contributed by atoms with E-state index in [4.69, 9.17) is 5.11 Å². The van der Waals surface area contributed by atoms with Gasteiger partial charge in [-0.3, -0.25) is 9.59 Å². The molecule has 0 bridgehead atoms. The molecule has 6 heteroatoms. The van der Waals surface area contributed by atoms with E-state index in [0.29, 0.717) is 18.9 Å². The van der Waals surface area contributed by atoms with E-state index in [9.17, 15) is 18.4 Å². The Kier molecular flexibility index (Phi) is 4.32. The van der Waals surface area contributed by atoms with Crippen LogP contribution in [0, 0.1) is 23.5 Å². The second-order valence-corrected chi connectivity index (χ2v) is 4.98. The quantitative estimate of drug-likeness (QED) is 0.896. The maximum Gasteiger partial charge on any atom is 0.307 e. The number of benzene rings is 1. The largest absolute Gasteiger partial charge is 0.481 e. The first-order chi connectivity index (χ1) is 9.47. The van der Waals surface area contributed by atoms with Crippen LogP contribution in [0.3, 0.4) is 0 Å². The van der Waals surface area contributed by atoms with Crippen LogP contribution in [0.4, 0.5) is 14.5 Å². The molecule has 2 atom stereocenters. The summed E-state index contributed by atoms with van der Waals surface area (Å²) in [6.45, 7) is 0. The number of halogens is 2. The van der Waals surface area contributed by atoms with Gasteiger partial charge >= 0.3 is 5.97 Å². The van der Waals surface area contributed by atoms with Crippen molar-refractivity contribution >= 4 is 17.6 Å². The van der Waals surface area contributed by atoms with E-state index in [1.807, 2.05) is 0 Å². The summed E-state index contributed by atoms with van der Waals surface area (Å²) < 4.78 is 26.1. The van der Waals surface area contributed by atoms with Crippen molar-refractivity contribution in [2.45, 2.75) is 25.7 Å². The van der Waals surface area contributed by atoms with Crippen molar-refractivity contribution in [3.63, 3.8) is 0 Å². The van der Waals surface area contributed by atoms with Crippen LogP contribution in [0.25, 0.3) is 0 Å². The number of carboxylic acid groups (broad SMARTS) is 1. The third-order valence-corrected chi connectivity index (χ3v) is 3.55.